The molecule has 0 bridgehead atoms. The summed E-state index contributed by atoms with van der Waals surface area (Å²) in [5.74, 6) is -0.899. The van der Waals surface area contributed by atoms with Crippen LogP contribution in [0.2, 0.25) is 0 Å². The topological polar surface area (TPSA) is 117 Å². The molecule has 182 valence electrons. The Morgan fingerprint density at radius 1 is 1.21 bits per heavy atom. The molecule has 0 saturated carbocycles. The van der Waals surface area contributed by atoms with Crippen LogP contribution in [0.1, 0.15) is 46.2 Å². The minimum Gasteiger partial charge on any atom is -0.478 e. The monoisotopic (exact) mass is 485 g/mol. The highest BCUT2D eigenvalue weighted by Gasteiger charge is 2.20. The fourth-order valence-electron chi connectivity index (χ4n) is 3.87. The predicted molar refractivity (Wildman–Crippen MR) is 132 cm³/mol. The van der Waals surface area contributed by atoms with Gasteiger partial charge >= 0.3 is 5.97 Å². The standard InChI is InChI=1S/C24H31N5O4S/c1-6-18-9-11-20(12-10-18)34(32,33)27-19-14-22(24(30)31)23(25-15-19)28(4)13-7-8-21-16(2)26-29(5)17(21)3/h9-12,14-15,27H,6-8,13H2,1-5H3,(H,30,31). The summed E-state index contributed by atoms with van der Waals surface area (Å²) in [6.07, 6.45) is 3.74. The van der Waals surface area contributed by atoms with Crippen LogP contribution in [0.4, 0.5) is 11.5 Å². The zero-order chi connectivity index (χ0) is 25.0. The number of hydrogen-bond donors (Lipinski definition) is 2. The van der Waals surface area contributed by atoms with Gasteiger partial charge in [0.2, 0.25) is 0 Å². The largest absolute Gasteiger partial charge is 0.478 e. The molecule has 0 fully saturated rings. The molecule has 0 unspecified atom stereocenters. The molecule has 0 atom stereocenters. The second kappa shape index (κ2) is 10.3. The number of aromatic carboxylic acids is 1. The molecule has 2 heterocycles. The zero-order valence-corrected chi connectivity index (χ0v) is 21.0. The molecule has 0 aliphatic rings. The maximum atomic E-state index is 12.7. The van der Waals surface area contributed by atoms with Gasteiger partial charge in [0, 0.05) is 26.3 Å². The first-order chi connectivity index (χ1) is 16.0. The highest BCUT2D eigenvalue weighted by atomic mass is 32.2. The first kappa shape index (κ1) is 25.2. The Balaban J connectivity index is 1.74. The van der Waals surface area contributed by atoms with Crippen LogP contribution in [0, 0.1) is 13.8 Å². The molecule has 0 spiro atoms. The zero-order valence-electron chi connectivity index (χ0n) is 20.2. The maximum absolute atomic E-state index is 12.7. The summed E-state index contributed by atoms with van der Waals surface area (Å²) in [5.41, 5.74) is 4.35. The molecule has 2 aromatic heterocycles. The van der Waals surface area contributed by atoms with Crippen molar-refractivity contribution < 1.29 is 18.3 Å². The molecule has 1 aromatic carbocycles. The van der Waals surface area contributed by atoms with Crippen LogP contribution in [0.5, 0.6) is 0 Å². The minimum atomic E-state index is -3.87. The number of benzene rings is 1. The van der Waals surface area contributed by atoms with Crippen molar-refractivity contribution in [2.24, 2.45) is 7.05 Å². The first-order valence-electron chi connectivity index (χ1n) is 11.1. The first-order valence-corrected chi connectivity index (χ1v) is 12.6. The van der Waals surface area contributed by atoms with Crippen LogP contribution in [0.25, 0.3) is 0 Å². The summed E-state index contributed by atoms with van der Waals surface area (Å²) in [4.78, 5) is 18.1. The number of nitrogens with zero attached hydrogens (tertiary/aromatic N) is 4. The highest BCUT2D eigenvalue weighted by molar-refractivity contribution is 7.92. The SMILES string of the molecule is CCc1ccc(S(=O)(=O)Nc2cnc(N(C)CCCc3c(C)nn(C)c3C)c(C(=O)O)c2)cc1. The number of hydrogen-bond acceptors (Lipinski definition) is 6. The Kier molecular flexibility index (Phi) is 7.61. The van der Waals surface area contributed by atoms with Gasteiger partial charge in [0.25, 0.3) is 10.0 Å². The molecular formula is C24H31N5O4S. The number of carboxylic acid groups (broad SMARTS) is 1. The fraction of sp³-hybridized carbons (Fsp3) is 0.375. The number of aromatic nitrogens is 3. The fourth-order valence-corrected chi connectivity index (χ4v) is 4.91. The molecule has 10 heteroatoms. The number of carbonyl (C=O) groups is 1. The Morgan fingerprint density at radius 2 is 1.88 bits per heavy atom. The van der Waals surface area contributed by atoms with Crippen molar-refractivity contribution in [1.29, 1.82) is 0 Å². The smallest absolute Gasteiger partial charge is 0.339 e. The van der Waals surface area contributed by atoms with E-state index in [0.717, 1.165) is 36.2 Å². The maximum Gasteiger partial charge on any atom is 0.339 e. The van der Waals surface area contributed by atoms with E-state index in [-0.39, 0.29) is 22.0 Å². The summed E-state index contributed by atoms with van der Waals surface area (Å²) in [5, 5.41) is 14.2. The van der Waals surface area contributed by atoms with Crippen molar-refractivity contribution in [1.82, 2.24) is 14.8 Å². The van der Waals surface area contributed by atoms with E-state index in [1.54, 1.807) is 24.1 Å². The van der Waals surface area contributed by atoms with Gasteiger partial charge in [-0.2, -0.15) is 5.10 Å². The quantitative estimate of drug-likeness (QED) is 0.451. The molecule has 0 amide bonds. The van der Waals surface area contributed by atoms with Crippen molar-refractivity contribution in [3.63, 3.8) is 0 Å². The lowest BCUT2D eigenvalue weighted by Gasteiger charge is -2.20. The third-order valence-electron chi connectivity index (χ3n) is 5.93. The Labute approximate surface area is 200 Å². The number of pyridine rings is 1. The normalized spacial score (nSPS) is 11.4. The lowest BCUT2D eigenvalue weighted by atomic mass is 10.1. The van der Waals surface area contributed by atoms with E-state index >= 15 is 0 Å². The van der Waals surface area contributed by atoms with E-state index in [0.29, 0.717) is 6.54 Å². The second-order valence-corrected chi connectivity index (χ2v) is 9.98. The molecular weight excluding hydrogens is 454 g/mol. The van der Waals surface area contributed by atoms with Gasteiger partial charge in [-0.25, -0.2) is 18.2 Å². The average molecular weight is 486 g/mol. The lowest BCUT2D eigenvalue weighted by Crippen LogP contribution is -2.23. The highest BCUT2D eigenvalue weighted by Crippen LogP contribution is 2.24. The van der Waals surface area contributed by atoms with Crippen molar-refractivity contribution in [3.8, 4) is 0 Å². The van der Waals surface area contributed by atoms with Gasteiger partial charge in [-0.15, -0.1) is 0 Å². The summed E-state index contributed by atoms with van der Waals surface area (Å²) in [6, 6.07) is 7.86. The Hall–Kier alpha value is -3.40. The third-order valence-corrected chi connectivity index (χ3v) is 7.33. The van der Waals surface area contributed by atoms with E-state index < -0.39 is 16.0 Å². The summed E-state index contributed by atoms with van der Waals surface area (Å²) < 4.78 is 29.7. The van der Waals surface area contributed by atoms with Crippen molar-refractivity contribution >= 4 is 27.5 Å². The Morgan fingerprint density at radius 3 is 2.44 bits per heavy atom. The number of rotatable bonds is 10. The van der Waals surface area contributed by atoms with Gasteiger partial charge < -0.3 is 10.0 Å². The summed E-state index contributed by atoms with van der Waals surface area (Å²) >= 11 is 0. The third kappa shape index (κ3) is 5.56. The molecule has 2 N–H and O–H groups in total. The number of sulfonamides is 1. The van der Waals surface area contributed by atoms with Gasteiger partial charge in [-0.05, 0) is 62.4 Å². The molecule has 0 aliphatic carbocycles. The summed E-state index contributed by atoms with van der Waals surface area (Å²) in [7, 11) is -0.181. The second-order valence-electron chi connectivity index (χ2n) is 8.30. The van der Waals surface area contributed by atoms with Crippen molar-refractivity contribution in [3.05, 3.63) is 64.6 Å². The Bertz CT molecular complexity index is 1280. The van der Waals surface area contributed by atoms with Crippen LogP contribution < -0.4 is 9.62 Å². The summed E-state index contributed by atoms with van der Waals surface area (Å²) in [6.45, 7) is 6.57. The molecule has 34 heavy (non-hydrogen) atoms. The van der Waals surface area contributed by atoms with Gasteiger partial charge in [0.15, 0.2) is 0 Å². The number of anilines is 2. The van der Waals surface area contributed by atoms with E-state index in [2.05, 4.69) is 14.8 Å². The van der Waals surface area contributed by atoms with Gasteiger partial charge in [-0.1, -0.05) is 19.1 Å². The van der Waals surface area contributed by atoms with Gasteiger partial charge in [0.05, 0.1) is 22.5 Å². The molecule has 0 aliphatic heterocycles. The van der Waals surface area contributed by atoms with E-state index in [4.69, 9.17) is 0 Å². The van der Waals surface area contributed by atoms with Gasteiger partial charge in [0.1, 0.15) is 11.4 Å². The molecule has 9 nitrogen and oxygen atoms in total. The number of aryl methyl sites for hydroxylation is 3. The van der Waals surface area contributed by atoms with Crippen LogP contribution in [0.15, 0.2) is 41.4 Å². The van der Waals surface area contributed by atoms with E-state index in [1.165, 1.54) is 30.0 Å². The van der Waals surface area contributed by atoms with Gasteiger partial charge in [-0.3, -0.25) is 9.40 Å². The van der Waals surface area contributed by atoms with Crippen LogP contribution >= 0.6 is 0 Å². The van der Waals surface area contributed by atoms with Crippen LogP contribution in [-0.4, -0.2) is 47.9 Å². The molecule has 3 rings (SSSR count). The lowest BCUT2D eigenvalue weighted by molar-refractivity contribution is 0.0697. The number of carboxylic acids is 1. The van der Waals surface area contributed by atoms with Crippen LogP contribution in [0.3, 0.4) is 0 Å². The molecule has 0 radical (unpaired) electrons. The van der Waals surface area contributed by atoms with Crippen molar-refractivity contribution in [2.45, 2.75) is 44.9 Å². The minimum absolute atomic E-state index is 0.0715. The molecule has 0 saturated heterocycles. The van der Waals surface area contributed by atoms with Crippen molar-refractivity contribution in [2.75, 3.05) is 23.2 Å². The number of nitrogens with one attached hydrogen (secondary N) is 1. The average Bonchev–Trinajstić information content (AvgIpc) is 3.04. The predicted octanol–water partition coefficient (Wildman–Crippen LogP) is 3.56. The van der Waals surface area contributed by atoms with E-state index in [1.807, 2.05) is 32.5 Å². The molecule has 3 aromatic rings. The van der Waals surface area contributed by atoms with Crippen LogP contribution in [-0.2, 0) is 29.9 Å². The van der Waals surface area contributed by atoms with E-state index in [9.17, 15) is 18.3 Å².